The fourth-order valence-electron chi connectivity index (χ4n) is 10.7. The minimum Gasteiger partial charge on any atom is -0.508 e. The van der Waals surface area contributed by atoms with Crippen molar-refractivity contribution in [3.63, 3.8) is 0 Å². The summed E-state index contributed by atoms with van der Waals surface area (Å²) >= 11 is 0. The summed E-state index contributed by atoms with van der Waals surface area (Å²) in [6.07, 6.45) is 5.27. The van der Waals surface area contributed by atoms with Gasteiger partial charge in [-0.15, -0.1) is 24.3 Å². The molecule has 1 aliphatic rings. The van der Waals surface area contributed by atoms with Gasteiger partial charge in [0.2, 0.25) is 0 Å². The smallest absolute Gasteiger partial charge is 0.268 e. The van der Waals surface area contributed by atoms with Crippen LogP contribution in [0.2, 0.25) is 0 Å². The molecule has 4 aromatic heterocycles. The van der Waals surface area contributed by atoms with Crippen LogP contribution in [0.1, 0.15) is 49.6 Å². The molecule has 370 valence electrons. The van der Waals surface area contributed by atoms with E-state index in [0.29, 0.717) is 50.1 Å². The molecule has 5 heterocycles. The summed E-state index contributed by atoms with van der Waals surface area (Å²) < 4.78 is 169. The molecule has 0 saturated heterocycles. The van der Waals surface area contributed by atoms with Gasteiger partial charge in [0.05, 0.1) is 40.0 Å². The van der Waals surface area contributed by atoms with Gasteiger partial charge in [-0.1, -0.05) is 201 Å². The molecule has 1 aliphatic heterocycles. The number of hydrogen-bond acceptors (Lipinski definition) is 2. The van der Waals surface area contributed by atoms with Gasteiger partial charge in [-0.3, -0.25) is 4.57 Å². The van der Waals surface area contributed by atoms with Crippen molar-refractivity contribution in [3.05, 3.63) is 254 Å². The van der Waals surface area contributed by atoms with Crippen LogP contribution in [0.3, 0.4) is 0 Å². The van der Waals surface area contributed by atoms with Gasteiger partial charge in [0, 0.05) is 66.1 Å². The number of benzene rings is 10. The van der Waals surface area contributed by atoms with Gasteiger partial charge in [-0.2, -0.15) is 12.1 Å². The standard InChI is InChI=1S/C70H47N5O.Pt/c1-70(2,3)46-38-39-71-67(40-46)75-62-36-16-13-30-56(62)59-42-65(74-60-34-14-11-28-54(60)55-29-12-15-35-61(55)74)66(43-64(59)75)76-48-23-17-22-47(41-48)72-44-73-68-49(45-20-5-4-6-21-45)31-18-32-57(68)52-26-9-7-24-50(52)51-25-8-10-27-53(51)58-33-19-37-63(72)69(58)73;/h4-40,42H,1-3H3;/q-2;/i4D,5D,6D,7D,9D,11D,12D,14D,15D,20D,21D,24D,26D,28D,29D,34D,35D;. The zero-order chi connectivity index (χ0) is 65.4. The number of imidazole rings is 1. The van der Waals surface area contributed by atoms with Crippen LogP contribution in [-0.2, 0) is 26.5 Å². The fourth-order valence-corrected chi connectivity index (χ4v) is 10.7. The van der Waals surface area contributed by atoms with Crippen molar-refractivity contribution >= 4 is 54.6 Å². The van der Waals surface area contributed by atoms with E-state index in [4.69, 9.17) is 22.1 Å². The van der Waals surface area contributed by atoms with Crippen molar-refractivity contribution in [3.8, 4) is 78.9 Å². The number of nitrogens with zero attached hydrogens (tertiary/aromatic N) is 5. The van der Waals surface area contributed by atoms with Gasteiger partial charge in [-0.05, 0) is 103 Å². The van der Waals surface area contributed by atoms with E-state index in [1.807, 2.05) is 71.3 Å². The monoisotopic (exact) mass is 1190 g/mol. The van der Waals surface area contributed by atoms with Crippen LogP contribution in [0.4, 0.5) is 0 Å². The van der Waals surface area contributed by atoms with Gasteiger partial charge < -0.3 is 18.4 Å². The molecule has 0 spiro atoms. The number of aromatic nitrogens is 5. The zero-order valence-corrected chi connectivity index (χ0v) is 43.4. The summed E-state index contributed by atoms with van der Waals surface area (Å²) in [5, 5.41) is 1.02. The Morgan fingerprint density at radius 3 is 1.92 bits per heavy atom. The van der Waals surface area contributed by atoms with Crippen molar-refractivity contribution in [2.75, 3.05) is 0 Å². The Morgan fingerprint density at radius 2 is 1.14 bits per heavy atom. The number of ether oxygens (including phenoxy) is 1. The predicted molar refractivity (Wildman–Crippen MR) is 308 cm³/mol. The summed E-state index contributed by atoms with van der Waals surface area (Å²) in [5.74, 6) is 0.532. The first-order chi connectivity index (χ1) is 44.4. The first-order valence-electron chi connectivity index (χ1n) is 33.0. The van der Waals surface area contributed by atoms with E-state index >= 15 is 0 Å². The van der Waals surface area contributed by atoms with Crippen LogP contribution >= 0.6 is 0 Å². The maximum Gasteiger partial charge on any atom is 0.268 e. The van der Waals surface area contributed by atoms with Crippen LogP contribution in [0.15, 0.2) is 230 Å². The van der Waals surface area contributed by atoms with E-state index in [1.54, 1.807) is 69.9 Å². The molecule has 0 aliphatic carbocycles. The Bertz CT molecular complexity index is 5610. The number of para-hydroxylation sites is 5. The Morgan fingerprint density at radius 1 is 0.519 bits per heavy atom. The number of hydrogen-bond donors (Lipinski definition) is 0. The third-order valence-electron chi connectivity index (χ3n) is 14.1. The van der Waals surface area contributed by atoms with E-state index < -0.39 is 90.6 Å². The van der Waals surface area contributed by atoms with Gasteiger partial charge in [0.15, 0.2) is 0 Å². The molecule has 14 aromatic rings. The molecule has 6 nitrogen and oxygen atoms in total. The fraction of sp³-hybridized carbons (Fsp3) is 0.0571. The third kappa shape index (κ3) is 7.34. The van der Waals surface area contributed by atoms with Crippen molar-refractivity contribution in [1.82, 2.24) is 18.7 Å². The molecule has 0 atom stereocenters. The summed E-state index contributed by atoms with van der Waals surface area (Å²) in [6, 6.07) is 34.0. The minimum absolute atomic E-state index is 0. The molecular weight excluding hydrogens is 1120 g/mol. The second-order valence-corrected chi connectivity index (χ2v) is 19.5. The molecule has 7 heteroatoms. The topological polar surface area (TPSA) is 40.8 Å². The van der Waals surface area contributed by atoms with Gasteiger partial charge >= 0.3 is 0 Å². The first-order valence-corrected chi connectivity index (χ1v) is 24.5. The second kappa shape index (κ2) is 18.0. The molecule has 77 heavy (non-hydrogen) atoms. The second-order valence-electron chi connectivity index (χ2n) is 19.5. The van der Waals surface area contributed by atoms with E-state index in [2.05, 4.69) is 39.2 Å². The normalized spacial score (nSPS) is 15.1. The number of fused-ring (bicyclic) bond motifs is 13. The molecule has 0 saturated carbocycles. The van der Waals surface area contributed by atoms with Crippen LogP contribution in [-0.4, -0.2) is 18.7 Å². The quantitative estimate of drug-likeness (QED) is 0.123. The molecule has 0 amide bonds. The summed E-state index contributed by atoms with van der Waals surface area (Å²) in [5.41, 5.74) is 5.15. The molecule has 15 rings (SSSR count). The molecule has 0 N–H and O–H groups in total. The maximum absolute atomic E-state index is 9.65. The van der Waals surface area contributed by atoms with E-state index in [1.165, 1.54) is 4.57 Å². The molecule has 0 unspecified atom stereocenters. The molecule has 0 fully saturated rings. The Kier molecular flexibility index (Phi) is 7.43. The molecular formula is C70H47N5OPt-2. The van der Waals surface area contributed by atoms with Crippen LogP contribution in [0.5, 0.6) is 11.5 Å². The zero-order valence-electron chi connectivity index (χ0n) is 58.1. The van der Waals surface area contributed by atoms with Crippen molar-refractivity contribution < 1.29 is 53.7 Å². The van der Waals surface area contributed by atoms with Gasteiger partial charge in [-0.25, -0.2) is 4.98 Å². The van der Waals surface area contributed by atoms with Gasteiger partial charge in [0.25, 0.3) is 6.33 Å². The summed E-state index contributed by atoms with van der Waals surface area (Å²) in [4.78, 5) is 4.88. The Balaban J connectivity index is 0.00000763. The Hall–Kier alpha value is -9.09. The van der Waals surface area contributed by atoms with Crippen LogP contribution < -0.4 is 9.30 Å². The van der Waals surface area contributed by atoms with E-state index in [-0.39, 0.29) is 111 Å². The van der Waals surface area contributed by atoms with Crippen molar-refractivity contribution in [2.24, 2.45) is 0 Å². The summed E-state index contributed by atoms with van der Waals surface area (Å²) in [7, 11) is 0. The van der Waals surface area contributed by atoms with Crippen molar-refractivity contribution in [2.45, 2.75) is 26.2 Å². The predicted octanol–water partition coefficient (Wildman–Crippen LogP) is 17.0. The van der Waals surface area contributed by atoms with Crippen LogP contribution in [0, 0.1) is 18.5 Å². The van der Waals surface area contributed by atoms with E-state index in [9.17, 15) is 11.0 Å². The average molecular weight is 1190 g/mol. The van der Waals surface area contributed by atoms with Crippen LogP contribution in [0.25, 0.3) is 122 Å². The summed E-state index contributed by atoms with van der Waals surface area (Å²) in [6.45, 7) is 6.28. The maximum atomic E-state index is 9.65. The molecule has 0 bridgehead atoms. The van der Waals surface area contributed by atoms with Gasteiger partial charge in [0.1, 0.15) is 5.82 Å². The molecule has 10 aromatic carbocycles. The minimum atomic E-state index is -0.610. The SMILES string of the molecule is [2H]c1c([2H])c([2H])c(-c2cccc3c2-[n+]2[c-]n(-c4[c-]c(Oc5[c-]c6c(cc5-n5c7c([2H])c([2H])c([2H])c([2H])c7c7c([2H])c([2H])c([2H])c([2H])c75)c5ccccc5n6-c5cc(C(C)(C)C)ccn5)ccc4)c4cccc(c42)-c2ccccc2-c2c([2H])c([2H])c([2H])c([2H])c2-3)c([2H])c1[2H].[Pt]. The Labute approximate surface area is 484 Å². The molecule has 0 radical (unpaired) electrons. The number of pyridine rings is 1. The van der Waals surface area contributed by atoms with Crippen molar-refractivity contribution in [1.29, 1.82) is 0 Å². The largest absolute Gasteiger partial charge is 0.508 e. The first kappa shape index (κ1) is 31.7. The van der Waals surface area contributed by atoms with E-state index in [0.717, 1.165) is 16.5 Å². The third-order valence-corrected chi connectivity index (χ3v) is 14.1. The average Bonchev–Trinajstić information content (AvgIpc) is 1.55. The number of rotatable bonds is 6.